The first kappa shape index (κ1) is 18.5. The van der Waals surface area contributed by atoms with Crippen LogP contribution in [0.15, 0.2) is 72.9 Å². The summed E-state index contributed by atoms with van der Waals surface area (Å²) in [6.45, 7) is -0.668. The molecule has 24 heavy (non-hydrogen) atoms. The first-order valence-corrected chi connectivity index (χ1v) is 8.05. The van der Waals surface area contributed by atoms with Crippen molar-refractivity contribution in [2.24, 2.45) is 0 Å². The second kappa shape index (κ2) is 9.45. The lowest BCUT2D eigenvalue weighted by atomic mass is 9.56. The molecule has 2 aromatic carbocycles. The Morgan fingerprint density at radius 3 is 1.79 bits per heavy atom. The van der Waals surface area contributed by atoms with Crippen molar-refractivity contribution in [3.8, 4) is 0 Å². The molecule has 0 saturated carbocycles. The van der Waals surface area contributed by atoms with E-state index in [4.69, 9.17) is 28.3 Å². The van der Waals surface area contributed by atoms with Crippen LogP contribution in [-0.2, 0) is 6.61 Å². The first-order valence-electron chi connectivity index (χ1n) is 7.30. The summed E-state index contributed by atoms with van der Waals surface area (Å²) in [6.07, 6.45) is 1.66. The van der Waals surface area contributed by atoms with E-state index >= 15 is 0 Å². The molecule has 0 atom stereocenters. The van der Waals surface area contributed by atoms with Crippen LogP contribution in [-0.4, -0.2) is 22.0 Å². The van der Waals surface area contributed by atoms with Gasteiger partial charge in [0.25, 0.3) is 0 Å². The van der Waals surface area contributed by atoms with Gasteiger partial charge in [0.05, 0.1) is 12.3 Å². The Bertz CT molecular complexity index is 726. The minimum Gasteiger partial charge on any atom is -0.443 e. The van der Waals surface area contributed by atoms with Crippen molar-refractivity contribution in [2.75, 3.05) is 0 Å². The van der Waals surface area contributed by atoms with E-state index in [1.54, 1.807) is 36.5 Å². The number of benzene rings is 2. The van der Waals surface area contributed by atoms with Crippen LogP contribution in [0.1, 0.15) is 5.69 Å². The van der Waals surface area contributed by atoms with Crippen molar-refractivity contribution in [2.45, 2.75) is 6.61 Å². The summed E-state index contributed by atoms with van der Waals surface area (Å²) in [6, 6.07) is 19.8. The summed E-state index contributed by atoms with van der Waals surface area (Å²) in [7, 11) is 0. The van der Waals surface area contributed by atoms with Gasteiger partial charge in [-0.25, -0.2) is 0 Å². The van der Waals surface area contributed by atoms with E-state index in [1.807, 2.05) is 36.4 Å². The maximum atomic E-state index is 10.1. The van der Waals surface area contributed by atoms with Crippen molar-refractivity contribution in [3.05, 3.63) is 88.7 Å². The van der Waals surface area contributed by atoms with Gasteiger partial charge in [-0.1, -0.05) is 53.5 Å². The number of rotatable bonds is 3. The Hall–Kier alpha value is -1.85. The zero-order valence-electron chi connectivity index (χ0n) is 12.8. The predicted octanol–water partition coefficient (Wildman–Crippen LogP) is 2.67. The zero-order valence-corrected chi connectivity index (χ0v) is 14.3. The molecule has 3 nitrogen and oxygen atoms in total. The molecule has 2 N–H and O–H groups in total. The van der Waals surface area contributed by atoms with Crippen molar-refractivity contribution in [3.63, 3.8) is 0 Å². The summed E-state index contributed by atoms with van der Waals surface area (Å²) < 4.78 is 0. The van der Waals surface area contributed by atoms with E-state index in [9.17, 15) is 5.02 Å². The van der Waals surface area contributed by atoms with Gasteiger partial charge in [0.1, 0.15) is 0 Å². The van der Waals surface area contributed by atoms with E-state index in [2.05, 4.69) is 4.98 Å². The maximum absolute atomic E-state index is 10.1. The van der Waals surface area contributed by atoms with Gasteiger partial charge in [0.15, 0.2) is 0 Å². The standard InChI is InChI=1S/C12H9BCl2O.C6H7NO/c14-11-5-1-3-9(7-11)13(16)10-4-2-6-12(15)8-10;8-5-6-3-1-2-4-7-6/h1-8,16H;1-4,8H,5H2. The van der Waals surface area contributed by atoms with Crippen LogP contribution < -0.4 is 10.9 Å². The van der Waals surface area contributed by atoms with Crippen molar-refractivity contribution in [1.82, 2.24) is 4.98 Å². The molecule has 0 radical (unpaired) electrons. The Balaban J connectivity index is 0.000000219. The number of aliphatic hydroxyl groups excluding tert-OH is 1. The van der Waals surface area contributed by atoms with E-state index in [-0.39, 0.29) is 6.61 Å². The molecular formula is C18H16BCl2NO2. The van der Waals surface area contributed by atoms with Gasteiger partial charge in [-0.3, -0.25) is 4.98 Å². The van der Waals surface area contributed by atoms with Crippen molar-refractivity contribution >= 4 is 41.0 Å². The Morgan fingerprint density at radius 2 is 1.42 bits per heavy atom. The molecule has 0 amide bonds. The maximum Gasteiger partial charge on any atom is 0.359 e. The molecule has 0 aliphatic heterocycles. The first-order chi connectivity index (χ1) is 11.6. The largest absolute Gasteiger partial charge is 0.443 e. The lowest BCUT2D eigenvalue weighted by Crippen LogP contribution is -2.42. The van der Waals surface area contributed by atoms with E-state index in [0.29, 0.717) is 15.7 Å². The van der Waals surface area contributed by atoms with Crippen LogP contribution >= 0.6 is 23.2 Å². The van der Waals surface area contributed by atoms with E-state index < -0.39 is 6.92 Å². The number of nitrogens with zero attached hydrogens (tertiary/aromatic N) is 1. The number of pyridine rings is 1. The fourth-order valence-corrected chi connectivity index (χ4v) is 2.43. The molecule has 0 aliphatic carbocycles. The van der Waals surface area contributed by atoms with Gasteiger partial charge in [0, 0.05) is 16.2 Å². The molecule has 1 aromatic heterocycles. The SMILES string of the molecule is OB(c1cccc(Cl)c1)c1cccc(Cl)c1.OCc1ccccn1. The minimum atomic E-state index is -0.697. The van der Waals surface area contributed by atoms with Gasteiger partial charge < -0.3 is 10.1 Å². The zero-order chi connectivity index (χ0) is 17.4. The fourth-order valence-electron chi connectivity index (χ4n) is 2.04. The van der Waals surface area contributed by atoms with Gasteiger partial charge in [-0.15, -0.1) is 0 Å². The molecular weight excluding hydrogens is 344 g/mol. The molecule has 122 valence electrons. The molecule has 3 rings (SSSR count). The molecule has 0 fully saturated rings. The van der Waals surface area contributed by atoms with Crippen LogP contribution in [0.3, 0.4) is 0 Å². The van der Waals surface area contributed by atoms with Gasteiger partial charge in [-0.2, -0.15) is 0 Å². The summed E-state index contributed by atoms with van der Waals surface area (Å²) in [5.41, 5.74) is 2.23. The third-order valence-corrected chi connectivity index (χ3v) is 3.69. The molecule has 3 aromatic rings. The third kappa shape index (κ3) is 5.66. The molecule has 0 unspecified atom stereocenters. The predicted molar refractivity (Wildman–Crippen MR) is 100 cm³/mol. The molecule has 0 spiro atoms. The molecule has 0 bridgehead atoms. The summed E-state index contributed by atoms with van der Waals surface area (Å²) in [5, 5.41) is 19.8. The van der Waals surface area contributed by atoms with Gasteiger partial charge in [0.2, 0.25) is 0 Å². The highest BCUT2D eigenvalue weighted by molar-refractivity contribution is 6.79. The number of hydrogen-bond acceptors (Lipinski definition) is 3. The number of aliphatic hydroxyl groups is 1. The smallest absolute Gasteiger partial charge is 0.359 e. The third-order valence-electron chi connectivity index (χ3n) is 3.22. The minimum absolute atomic E-state index is 0.0286. The van der Waals surface area contributed by atoms with Crippen LogP contribution in [0.4, 0.5) is 0 Å². The Morgan fingerprint density at radius 1 is 0.833 bits per heavy atom. The van der Waals surface area contributed by atoms with Gasteiger partial charge >= 0.3 is 6.92 Å². The topological polar surface area (TPSA) is 53.4 Å². The number of hydrogen-bond donors (Lipinski definition) is 2. The number of aromatic nitrogens is 1. The summed E-state index contributed by atoms with van der Waals surface area (Å²) >= 11 is 11.7. The molecule has 6 heteroatoms. The fraction of sp³-hybridized carbons (Fsp3) is 0.0556. The van der Waals surface area contributed by atoms with Crippen molar-refractivity contribution in [1.29, 1.82) is 0 Å². The van der Waals surface area contributed by atoms with Gasteiger partial charge in [-0.05, 0) is 47.3 Å². The quantitative estimate of drug-likeness (QED) is 0.707. The highest BCUT2D eigenvalue weighted by atomic mass is 35.5. The summed E-state index contributed by atoms with van der Waals surface area (Å²) in [5.74, 6) is 0. The average molecular weight is 360 g/mol. The van der Waals surface area contributed by atoms with Crippen molar-refractivity contribution < 1.29 is 10.1 Å². The lowest BCUT2D eigenvalue weighted by Gasteiger charge is -2.07. The van der Waals surface area contributed by atoms with Crippen LogP contribution in [0.25, 0.3) is 0 Å². The summed E-state index contributed by atoms with van der Waals surface area (Å²) in [4.78, 5) is 3.85. The second-order valence-corrected chi connectivity index (χ2v) is 5.86. The van der Waals surface area contributed by atoms with Crippen LogP contribution in [0, 0.1) is 0 Å². The molecule has 0 aliphatic rings. The Kier molecular flexibility index (Phi) is 7.28. The molecule has 0 saturated heterocycles. The highest BCUT2D eigenvalue weighted by Gasteiger charge is 2.17. The van der Waals surface area contributed by atoms with Crippen LogP contribution in [0.2, 0.25) is 10.0 Å². The Labute approximate surface area is 151 Å². The average Bonchev–Trinajstić information content (AvgIpc) is 2.62. The number of halogens is 2. The monoisotopic (exact) mass is 359 g/mol. The second-order valence-electron chi connectivity index (χ2n) is 4.99. The van der Waals surface area contributed by atoms with Crippen LogP contribution in [0.5, 0.6) is 0 Å². The highest BCUT2D eigenvalue weighted by Crippen LogP contribution is 2.06. The molecule has 1 heterocycles. The normalized spacial score (nSPS) is 9.83. The lowest BCUT2D eigenvalue weighted by molar-refractivity contribution is 0.277. The van der Waals surface area contributed by atoms with E-state index in [0.717, 1.165) is 10.9 Å². The van der Waals surface area contributed by atoms with E-state index in [1.165, 1.54) is 0 Å².